The van der Waals surface area contributed by atoms with Crippen LogP contribution in [-0.4, -0.2) is 16.0 Å². The number of aromatic nitrogens is 2. The molecule has 3 nitrogen and oxygen atoms in total. The van der Waals surface area contributed by atoms with Crippen LogP contribution in [0.4, 0.5) is 0 Å². The standard InChI is InChI=1S/C13H16N2OS2/c1-9(2)8-17-18-13-15-14-12(16-13)11-6-4-10(3)5-7-11/h4-7,9H,8H2,1-3H3. The topological polar surface area (TPSA) is 38.9 Å². The molecule has 0 unspecified atom stereocenters. The number of benzene rings is 1. The van der Waals surface area contributed by atoms with Gasteiger partial charge in [0.05, 0.1) is 0 Å². The van der Waals surface area contributed by atoms with Crippen molar-refractivity contribution in [1.82, 2.24) is 10.2 Å². The zero-order chi connectivity index (χ0) is 13.0. The molecule has 0 aliphatic carbocycles. The summed E-state index contributed by atoms with van der Waals surface area (Å²) in [5.41, 5.74) is 2.19. The molecule has 5 heteroatoms. The molecule has 96 valence electrons. The molecular weight excluding hydrogens is 264 g/mol. The minimum absolute atomic E-state index is 0.586. The van der Waals surface area contributed by atoms with Crippen LogP contribution in [0.15, 0.2) is 33.9 Å². The molecule has 0 saturated heterocycles. The average molecular weight is 280 g/mol. The average Bonchev–Trinajstić information content (AvgIpc) is 2.78. The van der Waals surface area contributed by atoms with E-state index in [-0.39, 0.29) is 0 Å². The number of nitrogens with zero attached hydrogens (tertiary/aromatic N) is 2. The molecule has 0 N–H and O–H groups in total. The highest BCUT2D eigenvalue weighted by molar-refractivity contribution is 8.76. The van der Waals surface area contributed by atoms with Gasteiger partial charge < -0.3 is 4.42 Å². The Morgan fingerprint density at radius 3 is 2.56 bits per heavy atom. The molecule has 0 bridgehead atoms. The third-order valence-electron chi connectivity index (χ3n) is 2.24. The van der Waals surface area contributed by atoms with Crippen molar-refractivity contribution in [3.63, 3.8) is 0 Å². The maximum atomic E-state index is 5.61. The van der Waals surface area contributed by atoms with Crippen molar-refractivity contribution in [3.05, 3.63) is 29.8 Å². The van der Waals surface area contributed by atoms with E-state index < -0.39 is 0 Å². The van der Waals surface area contributed by atoms with Crippen LogP contribution in [-0.2, 0) is 0 Å². The summed E-state index contributed by atoms with van der Waals surface area (Å²) < 4.78 is 5.61. The molecule has 1 aromatic heterocycles. The van der Waals surface area contributed by atoms with Crippen LogP contribution in [0.1, 0.15) is 19.4 Å². The number of hydrogen-bond donors (Lipinski definition) is 0. The van der Waals surface area contributed by atoms with E-state index in [9.17, 15) is 0 Å². The molecular formula is C13H16N2OS2. The SMILES string of the molecule is Cc1ccc(-c2nnc(SSCC(C)C)o2)cc1. The van der Waals surface area contributed by atoms with Gasteiger partial charge in [0.15, 0.2) is 0 Å². The van der Waals surface area contributed by atoms with Crippen LogP contribution >= 0.6 is 21.6 Å². The van der Waals surface area contributed by atoms with E-state index in [0.717, 1.165) is 11.3 Å². The van der Waals surface area contributed by atoms with E-state index in [1.165, 1.54) is 5.56 Å². The largest absolute Gasteiger partial charge is 0.411 e. The van der Waals surface area contributed by atoms with Gasteiger partial charge in [-0.2, -0.15) is 0 Å². The van der Waals surface area contributed by atoms with E-state index in [4.69, 9.17) is 4.42 Å². The second-order valence-electron chi connectivity index (χ2n) is 4.50. The number of hydrogen-bond acceptors (Lipinski definition) is 5. The van der Waals surface area contributed by atoms with Crippen molar-refractivity contribution < 1.29 is 4.42 Å². The molecule has 1 aromatic carbocycles. The zero-order valence-electron chi connectivity index (χ0n) is 10.7. The van der Waals surface area contributed by atoms with Crippen LogP contribution < -0.4 is 0 Å². The van der Waals surface area contributed by atoms with E-state index in [1.807, 2.05) is 24.3 Å². The van der Waals surface area contributed by atoms with Gasteiger partial charge in [-0.05, 0) is 25.0 Å². The molecule has 0 radical (unpaired) electrons. The van der Waals surface area contributed by atoms with Crippen molar-refractivity contribution in [3.8, 4) is 11.5 Å². The van der Waals surface area contributed by atoms with Gasteiger partial charge in [-0.15, -0.1) is 5.10 Å². The molecule has 2 aromatic rings. The Morgan fingerprint density at radius 1 is 1.17 bits per heavy atom. The Bertz CT molecular complexity index is 494. The summed E-state index contributed by atoms with van der Waals surface area (Å²) in [5.74, 6) is 2.33. The predicted octanol–water partition coefficient (Wildman–Crippen LogP) is 4.44. The highest BCUT2D eigenvalue weighted by Crippen LogP contribution is 2.32. The molecule has 0 spiro atoms. The fourth-order valence-electron chi connectivity index (χ4n) is 1.28. The minimum Gasteiger partial charge on any atom is -0.411 e. The second kappa shape index (κ2) is 6.29. The zero-order valence-corrected chi connectivity index (χ0v) is 12.3. The maximum Gasteiger partial charge on any atom is 0.287 e. The van der Waals surface area contributed by atoms with E-state index in [1.54, 1.807) is 21.6 Å². The first-order valence-corrected chi connectivity index (χ1v) is 8.17. The number of rotatable bonds is 5. The Morgan fingerprint density at radius 2 is 1.89 bits per heavy atom. The first kappa shape index (κ1) is 13.5. The molecule has 0 saturated carbocycles. The van der Waals surface area contributed by atoms with Gasteiger partial charge in [0.1, 0.15) is 0 Å². The van der Waals surface area contributed by atoms with Crippen molar-refractivity contribution in [2.24, 2.45) is 5.92 Å². The van der Waals surface area contributed by atoms with Gasteiger partial charge in [-0.1, -0.05) is 47.4 Å². The first-order chi connectivity index (χ1) is 8.65. The Balaban J connectivity index is 1.99. The van der Waals surface area contributed by atoms with Crippen LogP contribution in [0.2, 0.25) is 0 Å². The van der Waals surface area contributed by atoms with Gasteiger partial charge in [-0.3, -0.25) is 0 Å². The Hall–Kier alpha value is -0.940. The summed E-state index contributed by atoms with van der Waals surface area (Å²) in [4.78, 5) is 0. The van der Waals surface area contributed by atoms with Gasteiger partial charge in [0, 0.05) is 22.1 Å². The van der Waals surface area contributed by atoms with Gasteiger partial charge in [0.25, 0.3) is 5.22 Å². The van der Waals surface area contributed by atoms with E-state index >= 15 is 0 Å². The fraction of sp³-hybridized carbons (Fsp3) is 0.385. The van der Waals surface area contributed by atoms with Crippen LogP contribution in [0.25, 0.3) is 11.5 Å². The van der Waals surface area contributed by atoms with Crippen molar-refractivity contribution in [1.29, 1.82) is 0 Å². The highest BCUT2D eigenvalue weighted by Gasteiger charge is 2.09. The van der Waals surface area contributed by atoms with Crippen LogP contribution in [0.5, 0.6) is 0 Å². The lowest BCUT2D eigenvalue weighted by Crippen LogP contribution is -1.87. The summed E-state index contributed by atoms with van der Waals surface area (Å²) >= 11 is 0. The fourth-order valence-corrected chi connectivity index (χ4v) is 3.43. The van der Waals surface area contributed by atoms with Crippen LogP contribution in [0.3, 0.4) is 0 Å². The summed E-state index contributed by atoms with van der Waals surface area (Å²) in [6.45, 7) is 6.44. The Kier molecular flexibility index (Phi) is 4.72. The van der Waals surface area contributed by atoms with Gasteiger partial charge >= 0.3 is 0 Å². The second-order valence-corrected chi connectivity index (χ2v) is 6.79. The maximum absolute atomic E-state index is 5.61. The van der Waals surface area contributed by atoms with Crippen molar-refractivity contribution in [2.45, 2.75) is 26.0 Å². The van der Waals surface area contributed by atoms with Gasteiger partial charge in [-0.25, -0.2) is 0 Å². The van der Waals surface area contributed by atoms with Gasteiger partial charge in [0.2, 0.25) is 5.89 Å². The lowest BCUT2D eigenvalue weighted by molar-refractivity contribution is 0.467. The first-order valence-electron chi connectivity index (χ1n) is 5.85. The van der Waals surface area contributed by atoms with Crippen molar-refractivity contribution in [2.75, 3.05) is 5.75 Å². The number of aryl methyl sites for hydroxylation is 1. The molecule has 0 aliphatic heterocycles. The lowest BCUT2D eigenvalue weighted by atomic mass is 10.1. The molecule has 1 heterocycles. The van der Waals surface area contributed by atoms with E-state index in [2.05, 4.69) is 31.0 Å². The Labute approximate surface area is 115 Å². The van der Waals surface area contributed by atoms with Crippen molar-refractivity contribution >= 4 is 21.6 Å². The third-order valence-corrected chi connectivity index (χ3v) is 4.65. The normalized spacial score (nSPS) is 11.1. The van der Waals surface area contributed by atoms with E-state index in [0.29, 0.717) is 17.0 Å². The quantitative estimate of drug-likeness (QED) is 0.757. The molecule has 0 aliphatic rings. The lowest BCUT2D eigenvalue weighted by Gasteiger charge is -1.99. The molecule has 18 heavy (non-hydrogen) atoms. The smallest absolute Gasteiger partial charge is 0.287 e. The highest BCUT2D eigenvalue weighted by atomic mass is 33.1. The predicted molar refractivity (Wildman–Crippen MR) is 77.6 cm³/mol. The summed E-state index contributed by atoms with van der Waals surface area (Å²) in [6.07, 6.45) is 0. The monoisotopic (exact) mass is 280 g/mol. The van der Waals surface area contributed by atoms with Crippen LogP contribution in [0, 0.1) is 12.8 Å². The summed E-state index contributed by atoms with van der Waals surface area (Å²) in [5, 5.41) is 8.72. The molecule has 0 atom stereocenters. The third kappa shape index (κ3) is 3.78. The molecule has 0 fully saturated rings. The summed E-state index contributed by atoms with van der Waals surface area (Å²) in [7, 11) is 3.29. The summed E-state index contributed by atoms with van der Waals surface area (Å²) in [6, 6.07) is 8.08. The molecule has 2 rings (SSSR count). The minimum atomic E-state index is 0.586. The molecule has 0 amide bonds.